The molecule has 0 radical (unpaired) electrons. The summed E-state index contributed by atoms with van der Waals surface area (Å²) in [5.41, 5.74) is 1.08. The highest BCUT2D eigenvalue weighted by Crippen LogP contribution is 2.18. The molecular formula is C14H18O4. The molecule has 0 saturated carbocycles. The Morgan fingerprint density at radius 3 is 2.78 bits per heavy atom. The van der Waals surface area contributed by atoms with Crippen LogP contribution in [0.1, 0.15) is 25.8 Å². The molecule has 0 N–H and O–H groups in total. The molecule has 3 atom stereocenters. The molecule has 1 fully saturated rings. The third-order valence-electron chi connectivity index (χ3n) is 2.81. The van der Waals surface area contributed by atoms with Crippen molar-refractivity contribution in [1.82, 2.24) is 0 Å². The van der Waals surface area contributed by atoms with Crippen LogP contribution in [0.3, 0.4) is 0 Å². The Hall–Kier alpha value is -1.39. The summed E-state index contributed by atoms with van der Waals surface area (Å²) in [5.74, 6) is -0.228. The third kappa shape index (κ3) is 3.55. The van der Waals surface area contributed by atoms with Gasteiger partial charge in [-0.25, -0.2) is 0 Å². The molecule has 1 heterocycles. The van der Waals surface area contributed by atoms with Gasteiger partial charge in [0.05, 0.1) is 19.1 Å². The summed E-state index contributed by atoms with van der Waals surface area (Å²) >= 11 is 0. The van der Waals surface area contributed by atoms with Gasteiger partial charge in [0, 0.05) is 0 Å². The van der Waals surface area contributed by atoms with E-state index in [4.69, 9.17) is 14.2 Å². The van der Waals surface area contributed by atoms with Crippen molar-refractivity contribution in [2.24, 2.45) is 0 Å². The number of cyclic esters (lactones) is 1. The highest BCUT2D eigenvalue weighted by molar-refractivity contribution is 5.70. The van der Waals surface area contributed by atoms with Crippen molar-refractivity contribution in [2.75, 3.05) is 0 Å². The lowest BCUT2D eigenvalue weighted by atomic mass is 10.2. The standard InChI is InChI=1S/C14H18O4/c1-10-8-13(15)18-14(17-10)11(2)16-9-12-6-4-3-5-7-12/h3-7,10-11,14H,8-9H2,1-2H3/t10-,11?,14-/m1/s1. The predicted molar refractivity (Wildman–Crippen MR) is 65.7 cm³/mol. The number of hydrogen-bond acceptors (Lipinski definition) is 4. The summed E-state index contributed by atoms with van der Waals surface area (Å²) in [5, 5.41) is 0. The minimum Gasteiger partial charge on any atom is -0.433 e. The first-order chi connectivity index (χ1) is 8.65. The van der Waals surface area contributed by atoms with E-state index in [1.807, 2.05) is 44.2 Å². The fourth-order valence-corrected chi connectivity index (χ4v) is 1.80. The Labute approximate surface area is 107 Å². The second kappa shape index (κ2) is 5.98. The van der Waals surface area contributed by atoms with Gasteiger partial charge in [0.2, 0.25) is 6.29 Å². The molecule has 2 rings (SSSR count). The molecule has 1 aromatic rings. The molecule has 1 aliphatic rings. The van der Waals surface area contributed by atoms with Crippen molar-refractivity contribution >= 4 is 5.97 Å². The van der Waals surface area contributed by atoms with Crippen LogP contribution in [-0.2, 0) is 25.6 Å². The molecule has 1 unspecified atom stereocenters. The maximum Gasteiger partial charge on any atom is 0.310 e. The molecule has 1 aliphatic heterocycles. The number of esters is 1. The van der Waals surface area contributed by atoms with E-state index in [1.165, 1.54) is 0 Å². The first-order valence-electron chi connectivity index (χ1n) is 6.15. The van der Waals surface area contributed by atoms with Gasteiger partial charge in [-0.3, -0.25) is 4.79 Å². The van der Waals surface area contributed by atoms with Crippen molar-refractivity contribution in [3.05, 3.63) is 35.9 Å². The molecule has 98 valence electrons. The van der Waals surface area contributed by atoms with Gasteiger partial charge in [0.1, 0.15) is 6.10 Å². The molecule has 1 saturated heterocycles. The second-order valence-corrected chi connectivity index (χ2v) is 4.51. The summed E-state index contributed by atoms with van der Waals surface area (Å²) in [6.45, 7) is 4.18. The fourth-order valence-electron chi connectivity index (χ4n) is 1.80. The summed E-state index contributed by atoms with van der Waals surface area (Å²) in [6, 6.07) is 9.86. The number of hydrogen-bond donors (Lipinski definition) is 0. The number of ether oxygens (including phenoxy) is 3. The number of benzene rings is 1. The van der Waals surface area contributed by atoms with E-state index in [0.29, 0.717) is 13.0 Å². The average molecular weight is 250 g/mol. The lowest BCUT2D eigenvalue weighted by Crippen LogP contribution is -2.41. The van der Waals surface area contributed by atoms with Gasteiger partial charge in [-0.15, -0.1) is 0 Å². The smallest absolute Gasteiger partial charge is 0.310 e. The van der Waals surface area contributed by atoms with Gasteiger partial charge in [0.15, 0.2) is 0 Å². The van der Waals surface area contributed by atoms with Gasteiger partial charge in [0.25, 0.3) is 0 Å². The van der Waals surface area contributed by atoms with E-state index in [0.717, 1.165) is 5.56 Å². The fraction of sp³-hybridized carbons (Fsp3) is 0.500. The molecule has 0 amide bonds. The first-order valence-corrected chi connectivity index (χ1v) is 6.15. The zero-order chi connectivity index (χ0) is 13.0. The molecule has 0 bridgehead atoms. The monoisotopic (exact) mass is 250 g/mol. The van der Waals surface area contributed by atoms with Crippen LogP contribution in [-0.4, -0.2) is 24.5 Å². The van der Waals surface area contributed by atoms with Gasteiger partial charge >= 0.3 is 5.97 Å². The number of rotatable bonds is 4. The van der Waals surface area contributed by atoms with Gasteiger partial charge < -0.3 is 14.2 Å². The van der Waals surface area contributed by atoms with Crippen molar-refractivity contribution in [3.8, 4) is 0 Å². The van der Waals surface area contributed by atoms with E-state index >= 15 is 0 Å². The molecule has 0 spiro atoms. The molecule has 4 nitrogen and oxygen atoms in total. The van der Waals surface area contributed by atoms with E-state index in [2.05, 4.69) is 0 Å². The summed E-state index contributed by atoms with van der Waals surface area (Å²) in [6.07, 6.45) is -0.692. The molecule has 0 aliphatic carbocycles. The highest BCUT2D eigenvalue weighted by Gasteiger charge is 2.31. The minimum atomic E-state index is -0.607. The van der Waals surface area contributed by atoms with Crippen LogP contribution in [0.15, 0.2) is 30.3 Å². The Morgan fingerprint density at radius 1 is 1.39 bits per heavy atom. The van der Waals surface area contributed by atoms with Crippen molar-refractivity contribution in [2.45, 2.75) is 45.4 Å². The molecule has 1 aromatic carbocycles. The van der Waals surface area contributed by atoms with Gasteiger partial charge in [-0.1, -0.05) is 30.3 Å². The SMILES string of the molecule is CC(OCc1ccccc1)[C@H]1OC(=O)C[C@@H](C)O1. The number of carbonyl (C=O) groups is 1. The topological polar surface area (TPSA) is 44.8 Å². The van der Waals surface area contributed by atoms with Crippen LogP contribution in [0.5, 0.6) is 0 Å². The molecule has 4 heteroatoms. The quantitative estimate of drug-likeness (QED) is 0.769. The van der Waals surface area contributed by atoms with Crippen LogP contribution in [0.4, 0.5) is 0 Å². The zero-order valence-electron chi connectivity index (χ0n) is 10.7. The second-order valence-electron chi connectivity index (χ2n) is 4.51. The average Bonchev–Trinajstić information content (AvgIpc) is 2.36. The summed E-state index contributed by atoms with van der Waals surface area (Å²) in [7, 11) is 0. The van der Waals surface area contributed by atoms with E-state index in [1.54, 1.807) is 0 Å². The van der Waals surface area contributed by atoms with Crippen molar-refractivity contribution in [3.63, 3.8) is 0 Å². The third-order valence-corrected chi connectivity index (χ3v) is 2.81. The van der Waals surface area contributed by atoms with Crippen LogP contribution >= 0.6 is 0 Å². The lowest BCUT2D eigenvalue weighted by molar-refractivity contribution is -0.243. The van der Waals surface area contributed by atoms with Crippen LogP contribution in [0.25, 0.3) is 0 Å². The highest BCUT2D eigenvalue weighted by atomic mass is 16.7. The molecule has 0 aromatic heterocycles. The van der Waals surface area contributed by atoms with Crippen molar-refractivity contribution in [1.29, 1.82) is 0 Å². The minimum absolute atomic E-state index is 0.112. The zero-order valence-corrected chi connectivity index (χ0v) is 10.7. The maximum atomic E-state index is 11.3. The normalized spacial score (nSPS) is 25.6. The van der Waals surface area contributed by atoms with Crippen molar-refractivity contribution < 1.29 is 19.0 Å². The Bertz CT molecular complexity index is 390. The van der Waals surface area contributed by atoms with Crippen LogP contribution < -0.4 is 0 Å². The largest absolute Gasteiger partial charge is 0.433 e. The lowest BCUT2D eigenvalue weighted by Gasteiger charge is -2.31. The molecular weight excluding hydrogens is 232 g/mol. The maximum absolute atomic E-state index is 11.3. The Kier molecular flexibility index (Phi) is 4.33. The first kappa shape index (κ1) is 13.1. The number of carbonyl (C=O) groups excluding carboxylic acids is 1. The van der Waals surface area contributed by atoms with E-state index in [-0.39, 0.29) is 18.2 Å². The summed E-state index contributed by atoms with van der Waals surface area (Å²) in [4.78, 5) is 11.3. The Morgan fingerprint density at radius 2 is 2.11 bits per heavy atom. The van der Waals surface area contributed by atoms with Gasteiger partial charge in [-0.05, 0) is 19.4 Å². The van der Waals surface area contributed by atoms with E-state index < -0.39 is 6.29 Å². The molecule has 18 heavy (non-hydrogen) atoms. The van der Waals surface area contributed by atoms with Gasteiger partial charge in [-0.2, -0.15) is 0 Å². The predicted octanol–water partition coefficient (Wildman–Crippen LogP) is 2.27. The van der Waals surface area contributed by atoms with Crippen LogP contribution in [0, 0.1) is 0 Å². The summed E-state index contributed by atoms with van der Waals surface area (Å²) < 4.78 is 16.3. The van der Waals surface area contributed by atoms with E-state index in [9.17, 15) is 4.79 Å². The Balaban J connectivity index is 1.84. The van der Waals surface area contributed by atoms with Crippen LogP contribution in [0.2, 0.25) is 0 Å².